The van der Waals surface area contributed by atoms with E-state index in [-0.39, 0.29) is 35.4 Å². The zero-order chi connectivity index (χ0) is 14.8. The van der Waals surface area contributed by atoms with E-state index < -0.39 is 24.5 Å². The highest BCUT2D eigenvalue weighted by Gasteiger charge is 2.36. The lowest BCUT2D eigenvalue weighted by atomic mass is 10.0. The van der Waals surface area contributed by atoms with Crippen LogP contribution in [0.4, 0.5) is 17.6 Å². The Labute approximate surface area is 144 Å². The first-order valence-corrected chi connectivity index (χ1v) is 6.71. The summed E-state index contributed by atoms with van der Waals surface area (Å²) in [6.45, 7) is 2.18. The molecule has 0 unspecified atom stereocenters. The Hall–Kier alpha value is -0.270. The predicted molar refractivity (Wildman–Crippen MR) is 83.8 cm³/mol. The lowest BCUT2D eigenvalue weighted by molar-refractivity contribution is -0.148. The summed E-state index contributed by atoms with van der Waals surface area (Å²) in [5, 5.41) is 3.25. The molecule has 1 aliphatic rings. The molecule has 1 aromatic carbocycles. The summed E-state index contributed by atoms with van der Waals surface area (Å²) >= 11 is 5.96. The van der Waals surface area contributed by atoms with E-state index in [2.05, 4.69) is 5.32 Å². The summed E-state index contributed by atoms with van der Waals surface area (Å²) in [6, 6.07) is 2.60. The van der Waals surface area contributed by atoms with E-state index in [1.165, 1.54) is 6.07 Å². The van der Waals surface area contributed by atoms with Crippen molar-refractivity contribution in [2.24, 2.45) is 0 Å². The van der Waals surface area contributed by atoms with Gasteiger partial charge in [0.25, 0.3) is 0 Å². The molecule has 128 valence electrons. The molecule has 1 N–H and O–H groups in total. The highest BCUT2D eigenvalue weighted by molar-refractivity contribution is 6.31. The van der Waals surface area contributed by atoms with Gasteiger partial charge in [0.1, 0.15) is 5.82 Å². The molecule has 2 rings (SSSR count). The van der Waals surface area contributed by atoms with E-state index >= 15 is 0 Å². The zero-order valence-electron chi connectivity index (χ0n) is 11.5. The molecule has 0 spiro atoms. The molecule has 1 aliphatic heterocycles. The molecule has 22 heavy (non-hydrogen) atoms. The highest BCUT2D eigenvalue weighted by atomic mass is 35.5. The molecule has 0 aliphatic carbocycles. The molecule has 9 heteroatoms. The summed E-state index contributed by atoms with van der Waals surface area (Å²) in [7, 11) is 0. The molecule has 0 bridgehead atoms. The summed E-state index contributed by atoms with van der Waals surface area (Å²) in [6.07, 6.45) is -5.36. The molecule has 0 radical (unpaired) electrons. The Kier molecular flexibility index (Phi) is 9.02. The monoisotopic (exact) mass is 382 g/mol. The van der Waals surface area contributed by atoms with Gasteiger partial charge in [-0.05, 0) is 23.8 Å². The fraction of sp³-hybridized carbons (Fsp3) is 0.538. The minimum Gasteiger partial charge on any atom is -0.314 e. The second kappa shape index (κ2) is 9.13. The molecule has 0 saturated carbocycles. The lowest BCUT2D eigenvalue weighted by Crippen LogP contribution is -2.46. The molecular weight excluding hydrogens is 367 g/mol. The quantitative estimate of drug-likeness (QED) is 0.786. The predicted octanol–water partition coefficient (Wildman–Crippen LogP) is 4.22. The fourth-order valence-electron chi connectivity index (χ4n) is 2.42. The van der Waals surface area contributed by atoms with Crippen molar-refractivity contribution in [1.82, 2.24) is 10.2 Å². The number of alkyl halides is 3. The number of benzene rings is 1. The third-order valence-corrected chi connectivity index (χ3v) is 3.68. The van der Waals surface area contributed by atoms with Crippen LogP contribution in [0.15, 0.2) is 18.2 Å². The van der Waals surface area contributed by atoms with Crippen molar-refractivity contribution in [1.29, 1.82) is 0 Å². The van der Waals surface area contributed by atoms with Crippen LogP contribution in [-0.4, -0.2) is 37.3 Å². The third-order valence-electron chi connectivity index (χ3n) is 3.33. The van der Waals surface area contributed by atoms with Crippen molar-refractivity contribution in [2.75, 3.05) is 26.2 Å². The van der Waals surface area contributed by atoms with Crippen molar-refractivity contribution < 1.29 is 17.6 Å². The Morgan fingerprint density at radius 3 is 2.32 bits per heavy atom. The molecule has 1 heterocycles. The number of rotatable bonds is 3. The number of nitrogens with zero attached hydrogens (tertiary/aromatic N) is 1. The molecule has 2 nitrogen and oxygen atoms in total. The molecule has 1 fully saturated rings. The van der Waals surface area contributed by atoms with Crippen molar-refractivity contribution in [3.8, 4) is 0 Å². The third kappa shape index (κ3) is 6.08. The van der Waals surface area contributed by atoms with Gasteiger partial charge in [-0.3, -0.25) is 4.90 Å². The lowest BCUT2D eigenvalue weighted by Gasteiger charge is -2.36. The van der Waals surface area contributed by atoms with Crippen LogP contribution < -0.4 is 5.32 Å². The van der Waals surface area contributed by atoms with Crippen LogP contribution in [0.3, 0.4) is 0 Å². The SMILES string of the molecule is Cl.Cl.Fc1ccc(Cl)c([C@H](CC(F)(F)F)N2CCNCC2)c1. The van der Waals surface area contributed by atoms with Gasteiger partial charge < -0.3 is 5.32 Å². The molecule has 1 aromatic rings. The van der Waals surface area contributed by atoms with E-state index in [0.717, 1.165) is 12.1 Å². The van der Waals surface area contributed by atoms with Gasteiger partial charge in [0.2, 0.25) is 0 Å². The van der Waals surface area contributed by atoms with Crippen molar-refractivity contribution in [3.63, 3.8) is 0 Å². The second-order valence-corrected chi connectivity index (χ2v) is 5.19. The average Bonchev–Trinajstić information content (AvgIpc) is 2.39. The minimum absolute atomic E-state index is 0. The summed E-state index contributed by atoms with van der Waals surface area (Å²) < 4.78 is 51.7. The Morgan fingerprint density at radius 2 is 1.77 bits per heavy atom. The normalized spacial score (nSPS) is 17.3. The molecule has 0 aromatic heterocycles. The topological polar surface area (TPSA) is 15.3 Å². The van der Waals surface area contributed by atoms with Gasteiger partial charge in [-0.1, -0.05) is 11.6 Å². The Bertz CT molecular complexity index is 465. The van der Waals surface area contributed by atoms with Crippen molar-refractivity contribution in [2.45, 2.75) is 18.6 Å². The van der Waals surface area contributed by atoms with Gasteiger partial charge in [-0.2, -0.15) is 13.2 Å². The van der Waals surface area contributed by atoms with Crippen molar-refractivity contribution in [3.05, 3.63) is 34.6 Å². The van der Waals surface area contributed by atoms with Crippen LogP contribution >= 0.6 is 36.4 Å². The maximum absolute atomic E-state index is 13.3. The van der Waals surface area contributed by atoms with Crippen LogP contribution in [0.5, 0.6) is 0 Å². The average molecular weight is 384 g/mol. The van der Waals surface area contributed by atoms with Gasteiger partial charge in [-0.15, -0.1) is 24.8 Å². The van der Waals surface area contributed by atoms with E-state index in [4.69, 9.17) is 11.6 Å². The first-order chi connectivity index (χ1) is 9.37. The number of nitrogens with one attached hydrogen (secondary N) is 1. The smallest absolute Gasteiger partial charge is 0.314 e. The van der Waals surface area contributed by atoms with E-state index in [1.54, 1.807) is 4.90 Å². The number of hydrogen-bond acceptors (Lipinski definition) is 2. The van der Waals surface area contributed by atoms with Crippen molar-refractivity contribution >= 4 is 36.4 Å². The van der Waals surface area contributed by atoms with E-state index in [0.29, 0.717) is 26.2 Å². The Morgan fingerprint density at radius 1 is 1.18 bits per heavy atom. The van der Waals surface area contributed by atoms with Gasteiger partial charge >= 0.3 is 6.18 Å². The zero-order valence-corrected chi connectivity index (χ0v) is 13.9. The number of piperazine rings is 1. The van der Waals surface area contributed by atoms with Crippen LogP contribution in [0.25, 0.3) is 0 Å². The minimum atomic E-state index is -4.33. The van der Waals surface area contributed by atoms with Gasteiger partial charge in [0.05, 0.1) is 6.42 Å². The summed E-state index contributed by atoms with van der Waals surface area (Å²) in [5.74, 6) is -0.577. The van der Waals surface area contributed by atoms with E-state index in [9.17, 15) is 17.6 Å². The Balaban J connectivity index is 0.00000220. The summed E-state index contributed by atoms with van der Waals surface area (Å²) in [4.78, 5) is 1.70. The van der Waals surface area contributed by atoms with Gasteiger partial charge in [0.15, 0.2) is 0 Å². The maximum Gasteiger partial charge on any atom is 0.390 e. The number of hydrogen-bond donors (Lipinski definition) is 1. The second-order valence-electron chi connectivity index (χ2n) is 4.79. The fourth-order valence-corrected chi connectivity index (χ4v) is 2.66. The van der Waals surface area contributed by atoms with Crippen LogP contribution in [-0.2, 0) is 0 Å². The van der Waals surface area contributed by atoms with Crippen LogP contribution in [0.2, 0.25) is 5.02 Å². The molecule has 0 amide bonds. The molecule has 1 atom stereocenters. The van der Waals surface area contributed by atoms with Gasteiger partial charge in [0, 0.05) is 37.2 Å². The maximum atomic E-state index is 13.3. The summed E-state index contributed by atoms with van der Waals surface area (Å²) in [5.41, 5.74) is 0.200. The largest absolute Gasteiger partial charge is 0.390 e. The first kappa shape index (κ1) is 21.7. The standard InChI is InChI=1S/C13H15ClF4N2.2ClH/c14-11-2-1-9(15)7-10(11)12(8-13(16,17)18)20-5-3-19-4-6-20;;/h1-2,7,12,19H,3-6,8H2;2*1H/t12-;;/m0../s1. The first-order valence-electron chi connectivity index (χ1n) is 6.33. The van der Waals surface area contributed by atoms with Crippen LogP contribution in [0, 0.1) is 5.82 Å². The number of halogens is 7. The van der Waals surface area contributed by atoms with Gasteiger partial charge in [-0.25, -0.2) is 4.39 Å². The molecular formula is C13H17Cl3F4N2. The van der Waals surface area contributed by atoms with E-state index in [1.807, 2.05) is 0 Å². The highest BCUT2D eigenvalue weighted by Crippen LogP contribution is 2.37. The van der Waals surface area contributed by atoms with Crippen LogP contribution in [0.1, 0.15) is 18.0 Å². The molecule has 1 saturated heterocycles.